The molecule has 96 valence electrons. The minimum Gasteiger partial charge on any atom is -0.352 e. The number of halogens is 3. The van der Waals surface area contributed by atoms with E-state index in [-0.39, 0.29) is 5.56 Å². The van der Waals surface area contributed by atoms with Gasteiger partial charge < -0.3 is 5.32 Å². The van der Waals surface area contributed by atoms with Crippen LogP contribution in [-0.2, 0) is 0 Å². The van der Waals surface area contributed by atoms with Crippen molar-refractivity contribution in [3.05, 3.63) is 57.3 Å². The van der Waals surface area contributed by atoms with Crippen LogP contribution in [0.25, 0.3) is 0 Å². The molecular weight excluding hydrogens is 286 g/mol. The van der Waals surface area contributed by atoms with Gasteiger partial charge in [-0.15, -0.1) is 0 Å². The molecule has 2 aromatic rings. The first-order chi connectivity index (χ1) is 9.02. The van der Waals surface area contributed by atoms with Crippen molar-refractivity contribution in [1.29, 1.82) is 5.26 Å². The van der Waals surface area contributed by atoms with E-state index < -0.39 is 5.82 Å². The van der Waals surface area contributed by atoms with Crippen LogP contribution in [0.4, 0.5) is 15.8 Å². The molecule has 2 aromatic carbocycles. The molecule has 0 aliphatic rings. The normalized spacial score (nSPS) is 10.1. The Morgan fingerprint density at radius 1 is 1.21 bits per heavy atom. The SMILES string of the molecule is Cc1ccc(Cl)c(Nc2ccc(F)cc2C#N)c1Cl. The third-order valence-corrected chi connectivity index (χ3v) is 3.45. The first-order valence-corrected chi connectivity index (χ1v) is 6.20. The molecule has 0 spiro atoms. The van der Waals surface area contributed by atoms with Gasteiger partial charge in [0.25, 0.3) is 0 Å². The Morgan fingerprint density at radius 2 is 1.95 bits per heavy atom. The van der Waals surface area contributed by atoms with E-state index in [1.807, 2.05) is 13.0 Å². The highest BCUT2D eigenvalue weighted by Crippen LogP contribution is 2.35. The minimum absolute atomic E-state index is 0.189. The molecule has 0 aromatic heterocycles. The maximum Gasteiger partial charge on any atom is 0.124 e. The van der Waals surface area contributed by atoms with Gasteiger partial charge in [-0.2, -0.15) is 5.26 Å². The van der Waals surface area contributed by atoms with Gasteiger partial charge in [-0.05, 0) is 36.8 Å². The molecule has 0 saturated carbocycles. The smallest absolute Gasteiger partial charge is 0.124 e. The van der Waals surface area contributed by atoms with Gasteiger partial charge in [0.15, 0.2) is 0 Å². The fourth-order valence-corrected chi connectivity index (χ4v) is 2.09. The Hall–Kier alpha value is -1.76. The monoisotopic (exact) mass is 294 g/mol. The molecule has 19 heavy (non-hydrogen) atoms. The van der Waals surface area contributed by atoms with Crippen molar-refractivity contribution in [3.63, 3.8) is 0 Å². The molecule has 0 aliphatic heterocycles. The van der Waals surface area contributed by atoms with Crippen LogP contribution in [-0.4, -0.2) is 0 Å². The fourth-order valence-electron chi connectivity index (χ4n) is 1.62. The molecule has 0 aliphatic carbocycles. The third kappa shape index (κ3) is 2.81. The highest BCUT2D eigenvalue weighted by atomic mass is 35.5. The van der Waals surface area contributed by atoms with E-state index in [1.165, 1.54) is 12.1 Å². The highest BCUT2D eigenvalue weighted by Gasteiger charge is 2.11. The number of benzene rings is 2. The second-order valence-electron chi connectivity index (χ2n) is 3.98. The predicted octanol–water partition coefficient (Wildman–Crippen LogP) is 5.06. The minimum atomic E-state index is -0.469. The van der Waals surface area contributed by atoms with Gasteiger partial charge in [-0.25, -0.2) is 4.39 Å². The van der Waals surface area contributed by atoms with Gasteiger partial charge in [-0.1, -0.05) is 29.3 Å². The number of hydrogen-bond acceptors (Lipinski definition) is 2. The molecule has 0 fully saturated rings. The average Bonchev–Trinajstić information content (AvgIpc) is 2.40. The summed E-state index contributed by atoms with van der Waals surface area (Å²) < 4.78 is 13.1. The zero-order valence-electron chi connectivity index (χ0n) is 9.97. The Kier molecular flexibility index (Phi) is 3.94. The maximum atomic E-state index is 13.1. The molecule has 1 N–H and O–H groups in total. The van der Waals surface area contributed by atoms with E-state index in [0.717, 1.165) is 11.6 Å². The van der Waals surface area contributed by atoms with Gasteiger partial charge in [0.2, 0.25) is 0 Å². The standard InChI is InChI=1S/C14H9Cl2FN2/c1-8-2-4-11(15)14(13(8)16)19-12-5-3-10(17)6-9(12)7-18/h2-6,19H,1H3. The summed E-state index contributed by atoms with van der Waals surface area (Å²) in [6, 6.07) is 9.32. The number of hydrogen-bond donors (Lipinski definition) is 1. The summed E-state index contributed by atoms with van der Waals surface area (Å²) in [7, 11) is 0. The van der Waals surface area contributed by atoms with Gasteiger partial charge in [0, 0.05) is 0 Å². The zero-order chi connectivity index (χ0) is 14.0. The molecule has 0 heterocycles. The van der Waals surface area contributed by atoms with Crippen LogP contribution in [0.5, 0.6) is 0 Å². The maximum absolute atomic E-state index is 13.1. The fraction of sp³-hybridized carbons (Fsp3) is 0.0714. The van der Waals surface area contributed by atoms with Crippen molar-refractivity contribution in [1.82, 2.24) is 0 Å². The van der Waals surface area contributed by atoms with Crippen molar-refractivity contribution in [2.24, 2.45) is 0 Å². The molecule has 2 rings (SSSR count). The highest BCUT2D eigenvalue weighted by molar-refractivity contribution is 6.39. The van der Waals surface area contributed by atoms with Crippen molar-refractivity contribution < 1.29 is 4.39 Å². The number of nitrogens with zero attached hydrogens (tertiary/aromatic N) is 1. The molecule has 0 unspecified atom stereocenters. The lowest BCUT2D eigenvalue weighted by Crippen LogP contribution is -1.97. The number of nitriles is 1. The van der Waals surface area contributed by atoms with Crippen molar-refractivity contribution in [3.8, 4) is 6.07 Å². The summed E-state index contributed by atoms with van der Waals surface area (Å²) in [4.78, 5) is 0. The van der Waals surface area contributed by atoms with Gasteiger partial charge in [-0.3, -0.25) is 0 Å². The first-order valence-electron chi connectivity index (χ1n) is 5.44. The lowest BCUT2D eigenvalue weighted by atomic mass is 10.1. The first kappa shape index (κ1) is 13.7. The largest absolute Gasteiger partial charge is 0.352 e. The van der Waals surface area contributed by atoms with Gasteiger partial charge >= 0.3 is 0 Å². The summed E-state index contributed by atoms with van der Waals surface area (Å²) in [5.74, 6) is -0.469. The quantitative estimate of drug-likeness (QED) is 0.841. The van der Waals surface area contributed by atoms with Crippen LogP contribution < -0.4 is 5.32 Å². The van der Waals surface area contributed by atoms with E-state index >= 15 is 0 Å². The van der Waals surface area contributed by atoms with Crippen LogP contribution in [0.15, 0.2) is 30.3 Å². The van der Waals surface area contributed by atoms with Crippen LogP contribution in [0.3, 0.4) is 0 Å². The molecular formula is C14H9Cl2FN2. The molecule has 2 nitrogen and oxygen atoms in total. The van der Waals surface area contributed by atoms with Crippen LogP contribution >= 0.6 is 23.2 Å². The van der Waals surface area contributed by atoms with Crippen molar-refractivity contribution in [2.75, 3.05) is 5.32 Å². The molecule has 0 saturated heterocycles. The van der Waals surface area contributed by atoms with Crippen molar-refractivity contribution in [2.45, 2.75) is 6.92 Å². The topological polar surface area (TPSA) is 35.8 Å². The molecule has 0 bridgehead atoms. The Bertz CT molecular complexity index is 678. The molecule has 0 atom stereocenters. The summed E-state index contributed by atoms with van der Waals surface area (Å²) in [5.41, 5.74) is 2.01. The summed E-state index contributed by atoms with van der Waals surface area (Å²) in [6.45, 7) is 1.85. The van der Waals surface area contributed by atoms with E-state index in [1.54, 1.807) is 12.1 Å². The molecule has 5 heteroatoms. The number of nitrogens with one attached hydrogen (secondary N) is 1. The third-order valence-electron chi connectivity index (χ3n) is 2.65. The summed E-state index contributed by atoms with van der Waals surface area (Å²) in [5, 5.41) is 12.9. The molecule has 0 radical (unpaired) electrons. The van der Waals surface area contributed by atoms with E-state index in [2.05, 4.69) is 5.32 Å². The van der Waals surface area contributed by atoms with E-state index in [4.69, 9.17) is 28.5 Å². The molecule has 0 amide bonds. The predicted molar refractivity (Wildman–Crippen MR) is 75.6 cm³/mol. The van der Waals surface area contributed by atoms with Crippen LogP contribution in [0, 0.1) is 24.1 Å². The number of aryl methyl sites for hydroxylation is 1. The van der Waals surface area contributed by atoms with E-state index in [9.17, 15) is 4.39 Å². The average molecular weight is 295 g/mol. The Morgan fingerprint density at radius 3 is 2.63 bits per heavy atom. The summed E-state index contributed by atoms with van der Waals surface area (Å²) in [6.07, 6.45) is 0. The number of anilines is 2. The number of rotatable bonds is 2. The van der Waals surface area contributed by atoms with Gasteiger partial charge in [0.1, 0.15) is 11.9 Å². The van der Waals surface area contributed by atoms with Crippen molar-refractivity contribution >= 4 is 34.6 Å². The summed E-state index contributed by atoms with van der Waals surface area (Å²) >= 11 is 12.2. The Labute approximate surface area is 120 Å². The lowest BCUT2D eigenvalue weighted by Gasteiger charge is -2.13. The van der Waals surface area contributed by atoms with Gasteiger partial charge in [0.05, 0.1) is 27.0 Å². The second-order valence-corrected chi connectivity index (χ2v) is 4.77. The Balaban J connectivity index is 2.48. The zero-order valence-corrected chi connectivity index (χ0v) is 11.5. The van der Waals surface area contributed by atoms with Crippen LogP contribution in [0.1, 0.15) is 11.1 Å². The lowest BCUT2D eigenvalue weighted by molar-refractivity contribution is 0.627. The van der Waals surface area contributed by atoms with Crippen LogP contribution in [0.2, 0.25) is 10.0 Å². The second kappa shape index (κ2) is 5.48. The van der Waals surface area contributed by atoms with E-state index in [0.29, 0.717) is 21.4 Å².